The zero-order valence-electron chi connectivity index (χ0n) is 16.3. The molecule has 1 aliphatic rings. The first-order valence-corrected chi connectivity index (χ1v) is 9.66. The second-order valence-corrected chi connectivity index (χ2v) is 7.47. The number of hydrogen-bond donors (Lipinski definition) is 0. The molecule has 5 nitrogen and oxygen atoms in total. The first kappa shape index (κ1) is 19.3. The van der Waals surface area contributed by atoms with Gasteiger partial charge in [-0.05, 0) is 34.9 Å². The van der Waals surface area contributed by atoms with E-state index in [0.29, 0.717) is 17.7 Å². The van der Waals surface area contributed by atoms with Crippen LogP contribution in [0.1, 0.15) is 40.3 Å². The number of nitrogens with zero attached hydrogens (tertiary/aromatic N) is 3. The molecule has 156 valence electrons. The molecule has 0 N–H and O–H groups in total. The molecule has 0 spiro atoms. The molecular weight excluding hydrogens is 407 g/mol. The Hall–Kier alpha value is -3.68. The Morgan fingerprint density at radius 2 is 1.84 bits per heavy atom. The summed E-state index contributed by atoms with van der Waals surface area (Å²) in [4.78, 5) is 18.3. The molecule has 1 atom stereocenters. The van der Waals surface area contributed by atoms with E-state index in [1.807, 2.05) is 49.4 Å². The van der Waals surface area contributed by atoms with Gasteiger partial charge < -0.3 is 9.42 Å². The van der Waals surface area contributed by atoms with Crippen molar-refractivity contribution in [3.05, 3.63) is 83.2 Å². The summed E-state index contributed by atoms with van der Waals surface area (Å²) in [6.45, 7) is 2.39. The van der Waals surface area contributed by atoms with E-state index in [0.717, 1.165) is 21.9 Å². The van der Waals surface area contributed by atoms with E-state index in [1.54, 1.807) is 17.0 Å². The van der Waals surface area contributed by atoms with Crippen LogP contribution in [0, 0.1) is 0 Å². The minimum atomic E-state index is -4.72. The number of aromatic nitrogens is 2. The Labute approximate surface area is 175 Å². The van der Waals surface area contributed by atoms with Crippen LogP contribution in [0.15, 0.2) is 65.2 Å². The molecule has 4 aromatic rings. The van der Waals surface area contributed by atoms with Crippen molar-refractivity contribution >= 4 is 16.7 Å². The fraction of sp³-hybridized carbons (Fsp3) is 0.174. The van der Waals surface area contributed by atoms with Gasteiger partial charge in [-0.1, -0.05) is 59.8 Å². The second-order valence-electron chi connectivity index (χ2n) is 7.47. The van der Waals surface area contributed by atoms with Gasteiger partial charge in [0.1, 0.15) is 0 Å². The Balaban J connectivity index is 1.47. The Morgan fingerprint density at radius 3 is 2.61 bits per heavy atom. The van der Waals surface area contributed by atoms with Gasteiger partial charge in [-0.3, -0.25) is 4.79 Å². The number of rotatable bonds is 3. The van der Waals surface area contributed by atoms with Crippen molar-refractivity contribution in [2.75, 3.05) is 0 Å². The molecular formula is C23H16F3N3O2. The van der Waals surface area contributed by atoms with Crippen molar-refractivity contribution in [1.29, 1.82) is 0 Å². The molecule has 5 rings (SSSR count). The highest BCUT2D eigenvalue weighted by Crippen LogP contribution is 2.36. The maximum Gasteiger partial charge on any atom is 0.471 e. The van der Waals surface area contributed by atoms with Crippen LogP contribution in [-0.2, 0) is 12.7 Å². The quantitative estimate of drug-likeness (QED) is 0.429. The molecule has 0 bridgehead atoms. The zero-order valence-corrected chi connectivity index (χ0v) is 16.3. The zero-order chi connectivity index (χ0) is 21.8. The van der Waals surface area contributed by atoms with Crippen LogP contribution < -0.4 is 0 Å². The third-order valence-electron chi connectivity index (χ3n) is 5.61. The largest absolute Gasteiger partial charge is 0.471 e. The minimum absolute atomic E-state index is 0.183. The highest BCUT2D eigenvalue weighted by Gasteiger charge is 2.39. The average molecular weight is 423 g/mol. The molecule has 0 saturated carbocycles. The maximum absolute atomic E-state index is 13.2. The number of carbonyl (C=O) groups excluding carboxylic acids is 1. The molecule has 0 fully saturated rings. The summed E-state index contributed by atoms with van der Waals surface area (Å²) in [5.74, 6) is -1.80. The number of alkyl halides is 3. The van der Waals surface area contributed by atoms with Gasteiger partial charge in [-0.15, -0.1) is 0 Å². The number of amides is 1. The molecule has 0 saturated heterocycles. The fourth-order valence-electron chi connectivity index (χ4n) is 4.01. The topological polar surface area (TPSA) is 59.2 Å². The van der Waals surface area contributed by atoms with E-state index < -0.39 is 12.1 Å². The monoisotopic (exact) mass is 423 g/mol. The van der Waals surface area contributed by atoms with E-state index in [9.17, 15) is 18.0 Å². The third-order valence-corrected chi connectivity index (χ3v) is 5.61. The number of hydrogen-bond acceptors (Lipinski definition) is 4. The van der Waals surface area contributed by atoms with Gasteiger partial charge in [-0.2, -0.15) is 18.2 Å². The van der Waals surface area contributed by atoms with Crippen molar-refractivity contribution < 1.29 is 22.5 Å². The summed E-state index contributed by atoms with van der Waals surface area (Å²) in [5.41, 5.74) is 2.57. The highest BCUT2D eigenvalue weighted by molar-refractivity contribution is 6.00. The van der Waals surface area contributed by atoms with Crippen molar-refractivity contribution in [2.45, 2.75) is 25.7 Å². The van der Waals surface area contributed by atoms with Crippen LogP contribution in [0.25, 0.3) is 22.2 Å². The first-order valence-electron chi connectivity index (χ1n) is 9.66. The lowest BCUT2D eigenvalue weighted by molar-refractivity contribution is -0.159. The minimum Gasteiger partial charge on any atom is -0.329 e. The summed E-state index contributed by atoms with van der Waals surface area (Å²) in [6.07, 6.45) is -4.72. The standard InChI is InChI=1S/C23H16F3N3O2/c1-13(17-8-4-6-14-5-2-3-7-18(14)17)29-12-16-10-9-15(11-19(16)21(29)30)20-27-22(31-28-20)23(24,25)26/h2-11,13H,12H2,1H3. The van der Waals surface area contributed by atoms with Gasteiger partial charge in [-0.25, -0.2) is 0 Å². The van der Waals surface area contributed by atoms with Crippen LogP contribution in [0.4, 0.5) is 13.2 Å². The Morgan fingerprint density at radius 1 is 1.06 bits per heavy atom. The van der Waals surface area contributed by atoms with Gasteiger partial charge >= 0.3 is 12.1 Å². The molecule has 1 aliphatic heterocycles. The van der Waals surface area contributed by atoms with Crippen molar-refractivity contribution in [1.82, 2.24) is 15.0 Å². The lowest BCUT2D eigenvalue weighted by atomic mass is 9.99. The van der Waals surface area contributed by atoms with Crippen molar-refractivity contribution in [3.8, 4) is 11.4 Å². The van der Waals surface area contributed by atoms with E-state index in [1.165, 1.54) is 6.07 Å². The summed E-state index contributed by atoms with van der Waals surface area (Å²) in [5, 5.41) is 5.58. The molecule has 31 heavy (non-hydrogen) atoms. The van der Waals surface area contributed by atoms with Crippen LogP contribution in [-0.4, -0.2) is 20.9 Å². The number of halogens is 3. The smallest absolute Gasteiger partial charge is 0.329 e. The molecule has 3 aromatic carbocycles. The highest BCUT2D eigenvalue weighted by atomic mass is 19.4. The first-order chi connectivity index (χ1) is 14.8. The predicted octanol–water partition coefficient (Wildman–Crippen LogP) is 5.63. The summed E-state index contributed by atoms with van der Waals surface area (Å²) in [6, 6.07) is 18.7. The molecule has 1 unspecified atom stereocenters. The average Bonchev–Trinajstić information content (AvgIpc) is 3.38. The van der Waals surface area contributed by atoms with Crippen molar-refractivity contribution in [3.63, 3.8) is 0 Å². The summed E-state index contributed by atoms with van der Waals surface area (Å²) in [7, 11) is 0. The van der Waals surface area contributed by atoms with E-state index >= 15 is 0 Å². The molecule has 1 amide bonds. The number of fused-ring (bicyclic) bond motifs is 2. The van der Waals surface area contributed by atoms with Gasteiger partial charge in [0, 0.05) is 17.7 Å². The molecule has 1 aromatic heterocycles. The summed E-state index contributed by atoms with van der Waals surface area (Å²) >= 11 is 0. The lowest BCUT2D eigenvalue weighted by Gasteiger charge is -2.26. The fourth-order valence-corrected chi connectivity index (χ4v) is 4.01. The van der Waals surface area contributed by atoms with Crippen LogP contribution in [0.2, 0.25) is 0 Å². The van der Waals surface area contributed by atoms with Crippen LogP contribution in [0.5, 0.6) is 0 Å². The Bertz CT molecular complexity index is 1310. The normalized spacial score (nSPS) is 14.8. The van der Waals surface area contributed by atoms with E-state index in [-0.39, 0.29) is 17.8 Å². The van der Waals surface area contributed by atoms with Gasteiger partial charge in [0.25, 0.3) is 5.91 Å². The SMILES string of the molecule is CC(c1cccc2ccccc12)N1Cc2ccc(-c3noc(C(F)(F)F)n3)cc2C1=O. The Kier molecular flexibility index (Phi) is 4.32. The molecule has 2 heterocycles. The van der Waals surface area contributed by atoms with Crippen LogP contribution >= 0.6 is 0 Å². The lowest BCUT2D eigenvalue weighted by Crippen LogP contribution is -2.27. The van der Waals surface area contributed by atoms with E-state index in [4.69, 9.17) is 0 Å². The number of benzene rings is 3. The second kappa shape index (κ2) is 6.94. The molecule has 0 aliphatic carbocycles. The van der Waals surface area contributed by atoms with Crippen molar-refractivity contribution in [2.24, 2.45) is 0 Å². The van der Waals surface area contributed by atoms with Gasteiger partial charge in [0.15, 0.2) is 0 Å². The predicted molar refractivity (Wildman–Crippen MR) is 107 cm³/mol. The van der Waals surface area contributed by atoms with E-state index in [2.05, 4.69) is 14.7 Å². The molecule has 0 radical (unpaired) electrons. The molecule has 8 heteroatoms. The maximum atomic E-state index is 13.2. The van der Waals surface area contributed by atoms with Gasteiger partial charge in [0.05, 0.1) is 6.04 Å². The third kappa shape index (κ3) is 3.24. The van der Waals surface area contributed by atoms with Crippen LogP contribution in [0.3, 0.4) is 0 Å². The van der Waals surface area contributed by atoms with Gasteiger partial charge in [0.2, 0.25) is 5.82 Å². The summed E-state index contributed by atoms with van der Waals surface area (Å²) < 4.78 is 42.6. The number of carbonyl (C=O) groups is 1.